The zero-order valence-corrected chi connectivity index (χ0v) is 4.77. The Balaban J connectivity index is 2.78. The first kappa shape index (κ1) is 6.50. The summed E-state index contributed by atoms with van der Waals surface area (Å²) in [6.45, 7) is 2.05. The number of hydroxylamine groups is 1. The van der Waals surface area contributed by atoms with E-state index < -0.39 is 0 Å². The summed E-state index contributed by atoms with van der Waals surface area (Å²) in [4.78, 5) is 4.64. The highest BCUT2D eigenvalue weighted by Crippen LogP contribution is 1.76. The normalized spacial score (nSPS) is 10.0. The van der Waals surface area contributed by atoms with E-state index in [9.17, 15) is 0 Å². The van der Waals surface area contributed by atoms with Gasteiger partial charge in [-0.1, -0.05) is 6.92 Å². The minimum absolute atomic E-state index is 1.02. The molecule has 0 saturated heterocycles. The minimum atomic E-state index is 1.02. The molecule has 0 fully saturated rings. The molecular weight excluding hydrogens is 90.1 g/mol. The average Bonchev–Trinajstić information content (AvgIpc) is 1.69. The van der Waals surface area contributed by atoms with Gasteiger partial charge in [-0.05, 0) is 12.5 Å². The van der Waals surface area contributed by atoms with Gasteiger partial charge in [0.1, 0.15) is 6.26 Å². The summed E-state index contributed by atoms with van der Waals surface area (Å²) < 4.78 is 0. The highest BCUT2D eigenvalue weighted by atomic mass is 16.6. The first-order chi connectivity index (χ1) is 3.41. The smallest absolute Gasteiger partial charge is 0.107 e. The molecule has 0 saturated carbocycles. The molecule has 0 unspecified atom stereocenters. The largest absolute Gasteiger partial charge is 0.417 e. The molecule has 0 aliphatic heterocycles. The number of rotatable bonds is 3. The molecule has 2 nitrogen and oxygen atoms in total. The van der Waals surface area contributed by atoms with E-state index in [0.717, 1.165) is 6.42 Å². The molecule has 0 rings (SSSR count). The van der Waals surface area contributed by atoms with E-state index in [-0.39, 0.29) is 0 Å². The molecule has 0 heterocycles. The van der Waals surface area contributed by atoms with Gasteiger partial charge in [0.15, 0.2) is 0 Å². The summed E-state index contributed by atoms with van der Waals surface area (Å²) in [6.07, 6.45) is 4.57. The molecule has 0 aromatic heterocycles. The van der Waals surface area contributed by atoms with Crippen LogP contribution in [0.5, 0.6) is 0 Å². The number of allylic oxidation sites excluding steroid dienone is 1. The quantitative estimate of drug-likeness (QED) is 0.424. The fourth-order valence-electron chi connectivity index (χ4n) is 0.212. The van der Waals surface area contributed by atoms with Crippen LogP contribution in [0.2, 0.25) is 0 Å². The van der Waals surface area contributed by atoms with Gasteiger partial charge < -0.3 is 4.84 Å². The van der Waals surface area contributed by atoms with E-state index >= 15 is 0 Å². The predicted molar refractivity (Wildman–Crippen MR) is 29.6 cm³/mol. The Morgan fingerprint density at radius 1 is 1.71 bits per heavy atom. The molecule has 0 aliphatic rings. The monoisotopic (exact) mass is 101 g/mol. The first-order valence-corrected chi connectivity index (χ1v) is 2.39. The second-order valence-electron chi connectivity index (χ2n) is 1.10. The Morgan fingerprint density at radius 3 is 2.86 bits per heavy atom. The van der Waals surface area contributed by atoms with Gasteiger partial charge >= 0.3 is 0 Å². The molecule has 0 spiro atoms. The number of nitrogens with one attached hydrogen (secondary N) is 1. The molecule has 0 aromatic carbocycles. The van der Waals surface area contributed by atoms with Crippen molar-refractivity contribution in [3.8, 4) is 0 Å². The van der Waals surface area contributed by atoms with Crippen LogP contribution in [-0.4, -0.2) is 7.05 Å². The third-order valence-corrected chi connectivity index (χ3v) is 0.518. The van der Waals surface area contributed by atoms with Gasteiger partial charge in [0.05, 0.1) is 0 Å². The van der Waals surface area contributed by atoms with Crippen LogP contribution in [0.15, 0.2) is 12.3 Å². The van der Waals surface area contributed by atoms with Gasteiger partial charge in [0.2, 0.25) is 0 Å². The van der Waals surface area contributed by atoms with E-state index in [1.54, 1.807) is 13.3 Å². The topological polar surface area (TPSA) is 21.3 Å². The van der Waals surface area contributed by atoms with Crippen molar-refractivity contribution in [1.29, 1.82) is 0 Å². The van der Waals surface area contributed by atoms with Crippen molar-refractivity contribution < 1.29 is 4.84 Å². The van der Waals surface area contributed by atoms with Gasteiger partial charge in [0.25, 0.3) is 0 Å². The fraction of sp³-hybridized carbons (Fsp3) is 0.600. The Morgan fingerprint density at radius 2 is 2.43 bits per heavy atom. The average molecular weight is 101 g/mol. The second kappa shape index (κ2) is 5.50. The number of hydrogen-bond acceptors (Lipinski definition) is 2. The zero-order valence-electron chi connectivity index (χ0n) is 4.77. The molecule has 0 aliphatic carbocycles. The molecular formula is C5H11NO. The van der Waals surface area contributed by atoms with Gasteiger partial charge in [-0.25, -0.2) is 0 Å². The van der Waals surface area contributed by atoms with E-state index in [2.05, 4.69) is 17.2 Å². The van der Waals surface area contributed by atoms with E-state index in [4.69, 9.17) is 0 Å². The van der Waals surface area contributed by atoms with Crippen LogP contribution in [-0.2, 0) is 4.84 Å². The molecule has 42 valence electrons. The third-order valence-electron chi connectivity index (χ3n) is 0.518. The summed E-state index contributed by atoms with van der Waals surface area (Å²) in [5, 5.41) is 0. The predicted octanol–water partition coefficient (Wildman–Crippen LogP) is 1.06. The molecule has 0 amide bonds. The maximum Gasteiger partial charge on any atom is 0.107 e. The number of hydrogen-bond donors (Lipinski definition) is 1. The van der Waals surface area contributed by atoms with Crippen molar-refractivity contribution in [3.63, 3.8) is 0 Å². The SMILES string of the molecule is CC/C=C\ONC. The fourth-order valence-corrected chi connectivity index (χ4v) is 0.212. The highest BCUT2D eigenvalue weighted by Gasteiger charge is 1.63. The van der Waals surface area contributed by atoms with Gasteiger partial charge in [-0.15, -0.1) is 0 Å². The van der Waals surface area contributed by atoms with Crippen LogP contribution >= 0.6 is 0 Å². The molecule has 7 heavy (non-hydrogen) atoms. The van der Waals surface area contributed by atoms with E-state index in [1.807, 2.05) is 6.08 Å². The maximum absolute atomic E-state index is 4.64. The van der Waals surface area contributed by atoms with Crippen LogP contribution in [0.3, 0.4) is 0 Å². The van der Waals surface area contributed by atoms with Gasteiger partial charge in [-0.3, -0.25) is 0 Å². The summed E-state index contributed by atoms with van der Waals surface area (Å²) in [5.41, 5.74) is 2.52. The highest BCUT2D eigenvalue weighted by molar-refractivity contribution is 4.69. The molecule has 0 atom stereocenters. The Kier molecular flexibility index (Phi) is 5.11. The van der Waals surface area contributed by atoms with Crippen molar-refractivity contribution in [2.24, 2.45) is 0 Å². The summed E-state index contributed by atoms with van der Waals surface area (Å²) in [5.74, 6) is 0. The van der Waals surface area contributed by atoms with Crippen LogP contribution in [0.4, 0.5) is 0 Å². The van der Waals surface area contributed by atoms with Crippen LogP contribution in [0.25, 0.3) is 0 Å². The Bertz CT molecular complexity index is 52.0. The van der Waals surface area contributed by atoms with Crippen molar-refractivity contribution >= 4 is 0 Å². The van der Waals surface area contributed by atoms with Crippen LogP contribution in [0, 0.1) is 0 Å². The van der Waals surface area contributed by atoms with Crippen LogP contribution < -0.4 is 5.48 Å². The van der Waals surface area contributed by atoms with Crippen molar-refractivity contribution in [3.05, 3.63) is 12.3 Å². The first-order valence-electron chi connectivity index (χ1n) is 2.39. The summed E-state index contributed by atoms with van der Waals surface area (Å²) in [7, 11) is 1.72. The maximum atomic E-state index is 4.64. The Labute approximate surface area is 44.1 Å². The third kappa shape index (κ3) is 5.50. The van der Waals surface area contributed by atoms with Gasteiger partial charge in [-0.2, -0.15) is 5.48 Å². The minimum Gasteiger partial charge on any atom is -0.417 e. The molecule has 2 heteroatoms. The zero-order chi connectivity index (χ0) is 5.54. The second-order valence-corrected chi connectivity index (χ2v) is 1.10. The van der Waals surface area contributed by atoms with Gasteiger partial charge in [0, 0.05) is 7.05 Å². The Hall–Kier alpha value is -0.500. The van der Waals surface area contributed by atoms with Crippen molar-refractivity contribution in [1.82, 2.24) is 5.48 Å². The lowest BCUT2D eigenvalue weighted by Crippen LogP contribution is -1.99. The lowest BCUT2D eigenvalue weighted by molar-refractivity contribution is 0.158. The molecule has 0 aromatic rings. The lowest BCUT2D eigenvalue weighted by Gasteiger charge is -1.89. The summed E-state index contributed by atoms with van der Waals surface area (Å²) in [6, 6.07) is 0. The van der Waals surface area contributed by atoms with Crippen molar-refractivity contribution in [2.45, 2.75) is 13.3 Å². The van der Waals surface area contributed by atoms with Crippen molar-refractivity contribution in [2.75, 3.05) is 7.05 Å². The molecule has 1 N–H and O–H groups in total. The molecule has 0 bridgehead atoms. The summed E-state index contributed by atoms with van der Waals surface area (Å²) >= 11 is 0. The van der Waals surface area contributed by atoms with E-state index in [1.165, 1.54) is 0 Å². The van der Waals surface area contributed by atoms with E-state index in [0.29, 0.717) is 0 Å². The standard InChI is InChI=1S/C5H11NO/c1-3-4-5-7-6-2/h4-6H,3H2,1-2H3/b5-4-. The van der Waals surface area contributed by atoms with Crippen LogP contribution in [0.1, 0.15) is 13.3 Å². The lowest BCUT2D eigenvalue weighted by atomic mass is 10.5. The molecule has 0 radical (unpaired) electrons.